The van der Waals surface area contributed by atoms with Crippen LogP contribution in [-0.2, 0) is 10.8 Å². The van der Waals surface area contributed by atoms with Crippen molar-refractivity contribution in [1.29, 1.82) is 0 Å². The summed E-state index contributed by atoms with van der Waals surface area (Å²) in [5.41, 5.74) is 18.2. The lowest BCUT2D eigenvalue weighted by Crippen LogP contribution is -2.37. The molecule has 1 unspecified atom stereocenters. The monoisotopic (exact) mass is 779 g/mol. The van der Waals surface area contributed by atoms with Gasteiger partial charge in [-0.05, 0) is 119 Å². The highest BCUT2D eigenvalue weighted by molar-refractivity contribution is 5.99. The molecule has 3 aliphatic carbocycles. The molecular weight excluding hydrogens is 735 g/mol. The fourth-order valence-corrected chi connectivity index (χ4v) is 11.3. The molecule has 0 spiro atoms. The first-order valence-corrected chi connectivity index (χ1v) is 21.7. The number of allylic oxidation sites excluding steroid dienone is 2. The van der Waals surface area contributed by atoms with Crippen molar-refractivity contribution in [3.05, 3.63) is 252 Å². The van der Waals surface area contributed by atoms with Crippen molar-refractivity contribution in [3.63, 3.8) is 0 Å². The third-order valence-electron chi connectivity index (χ3n) is 14.1. The van der Waals surface area contributed by atoms with Gasteiger partial charge in [0.2, 0.25) is 0 Å². The molecule has 0 saturated heterocycles. The van der Waals surface area contributed by atoms with E-state index in [2.05, 4.69) is 237 Å². The lowest BCUT2D eigenvalue weighted by Gasteiger charge is -2.42. The van der Waals surface area contributed by atoms with Crippen LogP contribution in [0.25, 0.3) is 54.9 Å². The van der Waals surface area contributed by atoms with Crippen LogP contribution in [0.1, 0.15) is 48.1 Å². The van der Waals surface area contributed by atoms with Gasteiger partial charge in [0.05, 0.1) is 11.5 Å². The first-order chi connectivity index (χ1) is 30.0. The third-order valence-corrected chi connectivity index (χ3v) is 14.1. The summed E-state index contributed by atoms with van der Waals surface area (Å²) in [6.07, 6.45) is 8.04. The van der Waals surface area contributed by atoms with Crippen LogP contribution in [0.4, 0.5) is 11.4 Å². The first-order valence-electron chi connectivity index (χ1n) is 21.7. The van der Waals surface area contributed by atoms with E-state index >= 15 is 0 Å². The number of fused-ring (bicyclic) bond motifs is 2. The van der Waals surface area contributed by atoms with Crippen LogP contribution in [0, 0.1) is 0 Å². The molecule has 12 rings (SSSR count). The summed E-state index contributed by atoms with van der Waals surface area (Å²) in [6.45, 7) is 4.79. The molecular formula is C60H45N. The van der Waals surface area contributed by atoms with E-state index in [1.54, 1.807) is 0 Å². The predicted molar refractivity (Wildman–Crippen MR) is 257 cm³/mol. The minimum atomic E-state index is -0.417. The maximum absolute atomic E-state index is 2.57. The molecule has 0 aromatic heterocycles. The molecule has 0 fully saturated rings. The lowest BCUT2D eigenvalue weighted by atomic mass is 9.63. The molecule has 0 bridgehead atoms. The molecule has 0 radical (unpaired) electrons. The number of rotatable bonds is 7. The Morgan fingerprint density at radius 1 is 0.443 bits per heavy atom. The molecule has 1 atom stereocenters. The Morgan fingerprint density at radius 2 is 0.902 bits per heavy atom. The molecule has 61 heavy (non-hydrogen) atoms. The summed E-state index contributed by atoms with van der Waals surface area (Å²) in [4.78, 5) is 2.57. The van der Waals surface area contributed by atoms with Crippen LogP contribution in [0.5, 0.6) is 0 Å². The summed E-state index contributed by atoms with van der Waals surface area (Å²) in [5, 5.41) is 5.06. The van der Waals surface area contributed by atoms with E-state index in [0.29, 0.717) is 0 Å². The summed E-state index contributed by atoms with van der Waals surface area (Å²) in [6, 6.07) is 74.7. The fraction of sp³-hybridized carbons (Fsp3) is 0.100. The Kier molecular flexibility index (Phi) is 7.99. The highest BCUT2D eigenvalue weighted by atomic mass is 15.2. The Morgan fingerprint density at radius 3 is 1.44 bits per heavy atom. The summed E-state index contributed by atoms with van der Waals surface area (Å²) >= 11 is 0. The molecule has 0 N–H and O–H groups in total. The normalized spacial score (nSPS) is 16.4. The predicted octanol–water partition coefficient (Wildman–Crippen LogP) is 15.4. The summed E-state index contributed by atoms with van der Waals surface area (Å²) in [5.74, 6) is 0. The fourth-order valence-electron chi connectivity index (χ4n) is 11.3. The average molecular weight is 780 g/mol. The van der Waals surface area contributed by atoms with Crippen molar-refractivity contribution in [2.75, 3.05) is 4.90 Å². The van der Waals surface area contributed by atoms with Gasteiger partial charge in [-0.1, -0.05) is 208 Å². The number of nitrogens with zero attached hydrogens (tertiary/aromatic N) is 1. The minimum Gasteiger partial charge on any atom is -0.334 e. The van der Waals surface area contributed by atoms with Crippen molar-refractivity contribution in [1.82, 2.24) is 0 Å². The zero-order valence-corrected chi connectivity index (χ0v) is 34.5. The van der Waals surface area contributed by atoms with Gasteiger partial charge in [-0.2, -0.15) is 0 Å². The van der Waals surface area contributed by atoms with E-state index in [1.807, 2.05) is 0 Å². The molecule has 0 aliphatic heterocycles. The minimum absolute atomic E-state index is 0.0455. The second-order valence-electron chi connectivity index (χ2n) is 17.6. The van der Waals surface area contributed by atoms with Crippen molar-refractivity contribution < 1.29 is 0 Å². The molecule has 0 heterocycles. The molecule has 1 nitrogen and oxygen atoms in total. The van der Waals surface area contributed by atoms with Gasteiger partial charge in [-0.15, -0.1) is 0 Å². The second kappa shape index (κ2) is 13.7. The van der Waals surface area contributed by atoms with Crippen LogP contribution in [0.2, 0.25) is 0 Å². The largest absolute Gasteiger partial charge is 0.334 e. The molecule has 0 saturated carbocycles. The average Bonchev–Trinajstić information content (AvgIpc) is 3.76. The Hall–Kier alpha value is -7.22. The van der Waals surface area contributed by atoms with Crippen molar-refractivity contribution in [3.8, 4) is 33.4 Å². The molecule has 9 aromatic rings. The van der Waals surface area contributed by atoms with Crippen molar-refractivity contribution in [2.24, 2.45) is 0 Å². The van der Waals surface area contributed by atoms with Gasteiger partial charge in [0.15, 0.2) is 0 Å². The van der Waals surface area contributed by atoms with E-state index in [9.17, 15) is 0 Å². The van der Waals surface area contributed by atoms with Gasteiger partial charge < -0.3 is 4.90 Å². The second-order valence-corrected chi connectivity index (χ2v) is 17.6. The maximum atomic E-state index is 2.57. The van der Waals surface area contributed by atoms with Crippen molar-refractivity contribution in [2.45, 2.75) is 37.1 Å². The Bertz CT molecular complexity index is 3050. The van der Waals surface area contributed by atoms with Crippen LogP contribution in [-0.4, -0.2) is 6.04 Å². The number of hydrogen-bond acceptors (Lipinski definition) is 1. The van der Waals surface area contributed by atoms with Crippen LogP contribution >= 0.6 is 0 Å². The van der Waals surface area contributed by atoms with Gasteiger partial charge in [-0.3, -0.25) is 0 Å². The molecule has 0 amide bonds. The standard InChI is InChI=1S/C60H45N/c1-59(2)53-27-13-29-55-57(53)58-54(59)28-14-30-56(58)60(55,44-19-4-3-5-20-44)45-21-12-22-48(39-45)61(46-35-31-42(32-36-46)51-25-10-17-40-15-6-8-23-49(40)51)47-37-33-43(34-38-47)52-26-11-18-41-16-7-9-24-50(41)52/h3-38,48H,39H2,1-2H3. The number of hydrogen-bond donors (Lipinski definition) is 0. The first kappa shape index (κ1) is 35.7. The van der Waals surface area contributed by atoms with Crippen LogP contribution < -0.4 is 4.90 Å². The van der Waals surface area contributed by atoms with E-state index in [-0.39, 0.29) is 11.5 Å². The van der Waals surface area contributed by atoms with Gasteiger partial charge in [0.25, 0.3) is 0 Å². The third kappa shape index (κ3) is 5.26. The molecule has 1 heteroatoms. The molecule has 290 valence electrons. The highest BCUT2D eigenvalue weighted by Crippen LogP contribution is 2.65. The SMILES string of the molecule is CC1(C)c2cccc3c2-c2c1cccc2C3(C1=CC=CC(N(c2ccc(-c3cccc4ccccc34)cc2)c2ccc(-c3cccc4ccccc34)cc2)C1)c1ccccc1. The smallest absolute Gasteiger partial charge is 0.0677 e. The molecule has 9 aromatic carbocycles. The van der Waals surface area contributed by atoms with Gasteiger partial charge in [-0.25, -0.2) is 0 Å². The molecule has 3 aliphatic rings. The zero-order valence-electron chi connectivity index (χ0n) is 34.5. The van der Waals surface area contributed by atoms with Gasteiger partial charge >= 0.3 is 0 Å². The van der Waals surface area contributed by atoms with E-state index in [0.717, 1.165) is 6.42 Å². The van der Waals surface area contributed by atoms with Crippen molar-refractivity contribution >= 4 is 32.9 Å². The number of anilines is 2. The quantitative estimate of drug-likeness (QED) is 0.156. The summed E-state index contributed by atoms with van der Waals surface area (Å²) in [7, 11) is 0. The lowest BCUT2D eigenvalue weighted by molar-refractivity contribution is 0.629. The summed E-state index contributed by atoms with van der Waals surface area (Å²) < 4.78 is 0. The zero-order chi connectivity index (χ0) is 40.7. The topological polar surface area (TPSA) is 3.24 Å². The van der Waals surface area contributed by atoms with E-state index in [1.165, 1.54) is 99.7 Å². The van der Waals surface area contributed by atoms with Crippen LogP contribution in [0.15, 0.2) is 224 Å². The van der Waals surface area contributed by atoms with Gasteiger partial charge in [0.1, 0.15) is 0 Å². The Labute approximate surface area is 358 Å². The van der Waals surface area contributed by atoms with Gasteiger partial charge in [0, 0.05) is 16.8 Å². The van der Waals surface area contributed by atoms with Crippen LogP contribution in [0.3, 0.4) is 0 Å². The van der Waals surface area contributed by atoms with E-state index < -0.39 is 5.41 Å². The number of benzene rings is 9. The van der Waals surface area contributed by atoms with E-state index in [4.69, 9.17) is 0 Å². The Balaban J connectivity index is 1.00. The maximum Gasteiger partial charge on any atom is 0.0677 e. The highest BCUT2D eigenvalue weighted by Gasteiger charge is 2.53.